The van der Waals surface area contributed by atoms with Gasteiger partial charge in [0.15, 0.2) is 0 Å². The van der Waals surface area contributed by atoms with Crippen LogP contribution < -0.4 is 15.4 Å². The maximum Gasteiger partial charge on any atom is 0.573 e. The van der Waals surface area contributed by atoms with Gasteiger partial charge in [-0.15, -0.1) is 13.2 Å². The molecule has 1 aromatic carbocycles. The Kier molecular flexibility index (Phi) is 5.41. The van der Waals surface area contributed by atoms with E-state index in [4.69, 9.17) is 0 Å². The van der Waals surface area contributed by atoms with E-state index in [0.717, 1.165) is 18.4 Å². The van der Waals surface area contributed by atoms with Gasteiger partial charge in [0, 0.05) is 24.6 Å². The van der Waals surface area contributed by atoms with E-state index in [-0.39, 0.29) is 18.0 Å². The fourth-order valence-electron chi connectivity index (χ4n) is 1.30. The highest BCUT2D eigenvalue weighted by Gasteiger charge is 2.31. The molecule has 10 heteroatoms. The zero-order valence-electron chi connectivity index (χ0n) is 10.9. The number of benzene rings is 1. The normalized spacial score (nSPS) is 11.8. The van der Waals surface area contributed by atoms with Gasteiger partial charge in [0.1, 0.15) is 15.6 Å². The van der Waals surface area contributed by atoms with E-state index in [2.05, 4.69) is 15.4 Å². The minimum atomic E-state index is -4.82. The Balaban J connectivity index is 2.55. The van der Waals surface area contributed by atoms with Crippen LogP contribution in [0.4, 0.5) is 23.7 Å². The van der Waals surface area contributed by atoms with Crippen molar-refractivity contribution in [3.8, 4) is 5.75 Å². The number of alkyl halides is 3. The van der Waals surface area contributed by atoms with Crippen molar-refractivity contribution in [2.45, 2.75) is 6.36 Å². The first-order valence-corrected chi connectivity index (χ1v) is 7.70. The molecular weight excluding hydrogens is 313 g/mol. The second kappa shape index (κ2) is 6.66. The lowest BCUT2D eigenvalue weighted by Gasteiger charge is -2.11. The van der Waals surface area contributed by atoms with Gasteiger partial charge in [-0.25, -0.2) is 13.2 Å². The zero-order valence-corrected chi connectivity index (χ0v) is 11.7. The first-order valence-electron chi connectivity index (χ1n) is 5.63. The van der Waals surface area contributed by atoms with Crippen molar-refractivity contribution in [2.75, 3.05) is 23.9 Å². The van der Waals surface area contributed by atoms with E-state index in [1.54, 1.807) is 0 Å². The van der Waals surface area contributed by atoms with Crippen LogP contribution in [0.25, 0.3) is 0 Å². The molecule has 2 N–H and O–H groups in total. The van der Waals surface area contributed by atoms with Crippen LogP contribution in [0.1, 0.15) is 0 Å². The van der Waals surface area contributed by atoms with Crippen LogP contribution in [0.5, 0.6) is 5.75 Å². The fourth-order valence-corrected chi connectivity index (χ4v) is 1.77. The van der Waals surface area contributed by atoms with Crippen molar-refractivity contribution >= 4 is 21.6 Å². The third-order valence-corrected chi connectivity index (χ3v) is 3.03. The molecule has 0 aromatic heterocycles. The van der Waals surface area contributed by atoms with E-state index in [1.165, 1.54) is 12.1 Å². The number of carbonyl (C=O) groups is 1. The molecule has 0 atom stereocenters. The van der Waals surface area contributed by atoms with E-state index in [1.807, 2.05) is 0 Å². The first kappa shape index (κ1) is 17.1. The Morgan fingerprint density at radius 2 is 2.00 bits per heavy atom. The summed E-state index contributed by atoms with van der Waals surface area (Å²) in [6, 6.07) is 3.97. The second-order valence-electron chi connectivity index (χ2n) is 4.09. The molecule has 1 rings (SSSR count). The summed E-state index contributed by atoms with van der Waals surface area (Å²) in [5.74, 6) is -0.714. The summed E-state index contributed by atoms with van der Waals surface area (Å²) in [4.78, 5) is 11.4. The number of hydrogen-bond acceptors (Lipinski definition) is 4. The Bertz CT molecular complexity index is 602. The minimum absolute atomic E-state index is 0.0774. The molecule has 0 heterocycles. The summed E-state index contributed by atoms with van der Waals surface area (Å²) in [5.41, 5.74) is 0.0774. The molecule has 0 fully saturated rings. The molecule has 0 aliphatic rings. The van der Waals surface area contributed by atoms with Crippen LogP contribution in [0.3, 0.4) is 0 Å². The zero-order chi connectivity index (χ0) is 16.1. The van der Waals surface area contributed by atoms with Gasteiger partial charge >= 0.3 is 12.4 Å². The predicted octanol–water partition coefficient (Wildman–Crippen LogP) is 1.75. The summed E-state index contributed by atoms with van der Waals surface area (Å²) in [6.07, 6.45) is -3.80. The number of carbonyl (C=O) groups excluding carboxylic acids is 1. The van der Waals surface area contributed by atoms with Gasteiger partial charge in [-0.2, -0.15) is 0 Å². The first-order chi connectivity index (χ1) is 9.55. The third-order valence-electron chi connectivity index (χ3n) is 2.08. The average molecular weight is 326 g/mol. The monoisotopic (exact) mass is 326 g/mol. The fraction of sp³-hybridized carbons (Fsp3) is 0.364. The number of nitrogens with one attached hydrogen (secondary N) is 2. The van der Waals surface area contributed by atoms with Crippen molar-refractivity contribution in [2.24, 2.45) is 0 Å². The van der Waals surface area contributed by atoms with Gasteiger partial charge in [-0.3, -0.25) is 0 Å². The van der Waals surface area contributed by atoms with Crippen molar-refractivity contribution in [3.63, 3.8) is 0 Å². The van der Waals surface area contributed by atoms with Gasteiger partial charge < -0.3 is 15.4 Å². The predicted molar refractivity (Wildman–Crippen MR) is 69.9 cm³/mol. The maximum atomic E-state index is 12.0. The highest BCUT2D eigenvalue weighted by atomic mass is 32.2. The lowest BCUT2D eigenvalue weighted by molar-refractivity contribution is -0.274. The molecule has 6 nitrogen and oxygen atoms in total. The van der Waals surface area contributed by atoms with E-state index < -0.39 is 28.0 Å². The Morgan fingerprint density at radius 3 is 2.57 bits per heavy atom. The molecule has 21 heavy (non-hydrogen) atoms. The largest absolute Gasteiger partial charge is 0.573 e. The van der Waals surface area contributed by atoms with Gasteiger partial charge in [0.2, 0.25) is 0 Å². The summed E-state index contributed by atoms with van der Waals surface area (Å²) in [7, 11) is -3.21. The SMILES string of the molecule is CS(=O)(=O)CCNC(=O)Nc1cccc(OC(F)(F)F)c1. The van der Waals surface area contributed by atoms with Crippen LogP contribution in [-0.4, -0.2) is 39.4 Å². The quantitative estimate of drug-likeness (QED) is 0.863. The van der Waals surface area contributed by atoms with E-state index in [0.29, 0.717) is 0 Å². The third kappa shape index (κ3) is 8.02. The molecule has 0 saturated heterocycles. The number of urea groups is 1. The molecular formula is C11H13F3N2O4S. The van der Waals surface area contributed by atoms with Gasteiger partial charge in [0.05, 0.1) is 5.75 Å². The molecule has 118 valence electrons. The molecule has 0 aliphatic heterocycles. The Labute approximate surface area is 119 Å². The molecule has 0 unspecified atom stereocenters. The van der Waals surface area contributed by atoms with Crippen molar-refractivity contribution in [1.29, 1.82) is 0 Å². The number of anilines is 1. The van der Waals surface area contributed by atoms with Gasteiger partial charge in [-0.05, 0) is 12.1 Å². The van der Waals surface area contributed by atoms with Crippen LogP contribution in [0, 0.1) is 0 Å². The molecule has 0 radical (unpaired) electrons. The molecule has 0 aliphatic carbocycles. The highest BCUT2D eigenvalue weighted by Crippen LogP contribution is 2.24. The van der Waals surface area contributed by atoms with Crippen molar-refractivity contribution < 1.29 is 31.1 Å². The molecule has 0 bridgehead atoms. The Hall–Kier alpha value is -1.97. The second-order valence-corrected chi connectivity index (χ2v) is 6.35. The standard InChI is InChI=1S/C11H13F3N2O4S/c1-21(18,19)6-5-15-10(17)16-8-3-2-4-9(7-8)20-11(12,13)14/h2-4,7H,5-6H2,1H3,(H2,15,16,17). The average Bonchev–Trinajstić information content (AvgIpc) is 2.24. The number of sulfone groups is 1. The van der Waals surface area contributed by atoms with E-state index in [9.17, 15) is 26.4 Å². The minimum Gasteiger partial charge on any atom is -0.406 e. The number of amides is 2. The summed E-state index contributed by atoms with van der Waals surface area (Å²) in [5, 5.41) is 4.53. The highest BCUT2D eigenvalue weighted by molar-refractivity contribution is 7.90. The topological polar surface area (TPSA) is 84.5 Å². The molecule has 0 saturated carbocycles. The lowest BCUT2D eigenvalue weighted by Crippen LogP contribution is -2.32. The van der Waals surface area contributed by atoms with E-state index >= 15 is 0 Å². The number of halogens is 3. The van der Waals surface area contributed by atoms with Crippen LogP contribution >= 0.6 is 0 Å². The van der Waals surface area contributed by atoms with Crippen LogP contribution in [0.15, 0.2) is 24.3 Å². The van der Waals surface area contributed by atoms with Crippen molar-refractivity contribution in [1.82, 2.24) is 5.32 Å². The Morgan fingerprint density at radius 1 is 1.33 bits per heavy atom. The molecule has 2 amide bonds. The van der Waals surface area contributed by atoms with Crippen LogP contribution in [-0.2, 0) is 9.84 Å². The lowest BCUT2D eigenvalue weighted by atomic mass is 10.3. The van der Waals surface area contributed by atoms with Gasteiger partial charge in [-0.1, -0.05) is 6.07 Å². The number of ether oxygens (including phenoxy) is 1. The molecule has 1 aromatic rings. The van der Waals surface area contributed by atoms with Gasteiger partial charge in [0.25, 0.3) is 0 Å². The van der Waals surface area contributed by atoms with Crippen LogP contribution in [0.2, 0.25) is 0 Å². The summed E-state index contributed by atoms with van der Waals surface area (Å²) < 4.78 is 61.5. The number of rotatable bonds is 5. The smallest absolute Gasteiger partial charge is 0.406 e. The van der Waals surface area contributed by atoms with Crippen molar-refractivity contribution in [3.05, 3.63) is 24.3 Å². The number of hydrogen-bond donors (Lipinski definition) is 2. The molecule has 0 spiro atoms. The maximum absolute atomic E-state index is 12.0. The summed E-state index contributed by atoms with van der Waals surface area (Å²) in [6.45, 7) is -0.108. The summed E-state index contributed by atoms with van der Waals surface area (Å²) >= 11 is 0.